The Morgan fingerprint density at radius 2 is 1.37 bits per heavy atom. The van der Waals surface area contributed by atoms with Crippen LogP contribution in [0.15, 0.2) is 11.6 Å². The first-order valence-electron chi connectivity index (χ1n) is 4.96. The van der Waals surface area contributed by atoms with Crippen LogP contribution in [0, 0.1) is 11.3 Å². The van der Waals surface area contributed by atoms with Crippen LogP contribution in [0.5, 0.6) is 0 Å². The van der Waals surface area contributed by atoms with Crippen LogP contribution in [0.2, 0.25) is 0 Å². The molecule has 0 amide bonds. The lowest BCUT2D eigenvalue weighted by molar-refractivity contribution is -0.172. The van der Waals surface area contributed by atoms with Gasteiger partial charge in [0.05, 0.1) is 0 Å². The van der Waals surface area contributed by atoms with Crippen molar-refractivity contribution in [3.8, 4) is 0 Å². The van der Waals surface area contributed by atoms with Crippen LogP contribution in [-0.2, 0) is 0 Å². The third-order valence-corrected chi connectivity index (χ3v) is 2.57. The topological polar surface area (TPSA) is 57.5 Å². The highest BCUT2D eigenvalue weighted by atomic mass is 19.4. The van der Waals surface area contributed by atoms with E-state index in [-0.39, 0.29) is 0 Å². The van der Waals surface area contributed by atoms with Gasteiger partial charge in [-0.05, 0) is 17.8 Å². The van der Waals surface area contributed by atoms with Gasteiger partial charge in [0.2, 0.25) is 0 Å². The van der Waals surface area contributed by atoms with Crippen LogP contribution < -0.4 is 0 Å². The van der Waals surface area contributed by atoms with Crippen LogP contribution >= 0.6 is 0 Å². The van der Waals surface area contributed by atoms with E-state index >= 15 is 0 Å². The number of alkyl halides is 6. The minimum Gasteiger partial charge on any atom is -0.450 e. The van der Waals surface area contributed by atoms with Gasteiger partial charge in [0.15, 0.2) is 0 Å². The molecule has 0 bridgehead atoms. The number of hydrogen-bond donors (Lipinski definition) is 2. The summed E-state index contributed by atoms with van der Waals surface area (Å²) in [5.74, 6) is -0.629. The van der Waals surface area contributed by atoms with Gasteiger partial charge >= 0.3 is 18.5 Å². The van der Waals surface area contributed by atoms with Crippen molar-refractivity contribution in [1.82, 2.24) is 0 Å². The fourth-order valence-corrected chi connectivity index (χ4v) is 1.34. The maximum atomic E-state index is 12.1. The van der Waals surface area contributed by atoms with Crippen molar-refractivity contribution in [2.24, 2.45) is 11.3 Å². The Bertz CT molecular complexity index is 346. The summed E-state index contributed by atoms with van der Waals surface area (Å²) < 4.78 is 72.4. The fourth-order valence-electron chi connectivity index (χ4n) is 1.34. The average Bonchev–Trinajstić information content (AvgIpc) is 2.64. The molecule has 0 saturated heterocycles. The van der Waals surface area contributed by atoms with Crippen LogP contribution in [0.1, 0.15) is 20.3 Å². The smallest absolute Gasteiger partial charge is 0.450 e. The van der Waals surface area contributed by atoms with Gasteiger partial charge in [0, 0.05) is 0 Å². The summed E-state index contributed by atoms with van der Waals surface area (Å²) in [5, 5.41) is 13.9. The van der Waals surface area contributed by atoms with Crippen molar-refractivity contribution in [2.45, 2.75) is 32.6 Å². The normalized spacial score (nSPS) is 20.9. The zero-order valence-electron chi connectivity index (χ0n) is 9.93. The van der Waals surface area contributed by atoms with E-state index in [1.807, 2.05) is 0 Å². The number of hydrogen-bond acceptors (Lipinski definition) is 1. The molecule has 0 aromatic rings. The highest BCUT2D eigenvalue weighted by molar-refractivity contribution is 5.53. The Balaban J connectivity index is 0.000000711. The first kappa shape index (κ1) is 17.6. The Kier molecular flexibility index (Phi) is 4.90. The molecule has 1 aliphatic carbocycles. The number of halogens is 6. The lowest BCUT2D eigenvalue weighted by Crippen LogP contribution is -2.26. The van der Waals surface area contributed by atoms with Crippen molar-refractivity contribution in [3.63, 3.8) is 0 Å². The molecule has 2 N–H and O–H groups in total. The highest BCUT2D eigenvalue weighted by Crippen LogP contribution is 2.54. The second kappa shape index (κ2) is 5.30. The van der Waals surface area contributed by atoms with Crippen LogP contribution in [0.3, 0.4) is 0 Å². The molecule has 19 heavy (non-hydrogen) atoms. The van der Waals surface area contributed by atoms with Crippen molar-refractivity contribution < 1.29 is 41.4 Å². The Hall–Kier alpha value is -1.41. The molecule has 1 unspecified atom stereocenters. The lowest BCUT2D eigenvalue weighted by Gasteiger charge is -2.15. The standard InChI is InChI=1S/C9H10F6.CH2O3/c1-7(2)4-5(7)3-6(8(10,11)12)9(13,14)15;2-1(3)4/h3,5H,4H2,1-2H3;(H2,2,3,4). The molecular weight excluding hydrogens is 282 g/mol. The van der Waals surface area contributed by atoms with E-state index in [1.54, 1.807) is 13.8 Å². The van der Waals surface area contributed by atoms with Crippen LogP contribution in [0.25, 0.3) is 0 Å². The largest absolute Gasteiger partial charge is 0.503 e. The maximum Gasteiger partial charge on any atom is 0.503 e. The third-order valence-electron chi connectivity index (χ3n) is 2.57. The minimum absolute atomic E-state index is 0.306. The Labute approximate surface area is 104 Å². The summed E-state index contributed by atoms with van der Waals surface area (Å²) in [6, 6.07) is 0. The second-order valence-electron chi connectivity index (χ2n) is 4.66. The average molecular weight is 294 g/mol. The monoisotopic (exact) mass is 294 g/mol. The van der Waals surface area contributed by atoms with Gasteiger partial charge < -0.3 is 10.2 Å². The van der Waals surface area contributed by atoms with Crippen molar-refractivity contribution in [3.05, 3.63) is 11.6 Å². The van der Waals surface area contributed by atoms with Gasteiger partial charge in [-0.25, -0.2) is 4.79 Å². The van der Waals surface area contributed by atoms with Gasteiger partial charge in [-0.2, -0.15) is 26.3 Å². The molecule has 3 nitrogen and oxygen atoms in total. The summed E-state index contributed by atoms with van der Waals surface area (Å²) in [4.78, 5) is 8.56. The molecule has 1 aliphatic rings. The molecule has 0 aromatic heterocycles. The first-order valence-corrected chi connectivity index (χ1v) is 4.96. The molecule has 0 aliphatic heterocycles. The lowest BCUT2D eigenvalue weighted by atomic mass is 10.1. The molecule has 0 heterocycles. The van der Waals surface area contributed by atoms with E-state index in [9.17, 15) is 26.3 Å². The first-order chi connectivity index (χ1) is 8.18. The van der Waals surface area contributed by atoms with Crippen LogP contribution in [-0.4, -0.2) is 28.7 Å². The minimum atomic E-state index is -5.32. The molecule has 0 radical (unpaired) electrons. The summed E-state index contributed by atoms with van der Waals surface area (Å²) in [6.45, 7) is 3.27. The molecule has 112 valence electrons. The quantitative estimate of drug-likeness (QED) is 0.560. The van der Waals surface area contributed by atoms with E-state index in [0.717, 1.165) is 0 Å². The SMILES string of the molecule is CC1(C)CC1C=C(C(F)(F)F)C(F)(F)F.O=C(O)O. The summed E-state index contributed by atoms with van der Waals surface area (Å²) >= 11 is 0. The number of carboxylic acid groups (broad SMARTS) is 2. The predicted octanol–water partition coefficient (Wildman–Crippen LogP) is 4.31. The molecule has 1 fully saturated rings. The van der Waals surface area contributed by atoms with E-state index in [1.165, 1.54) is 0 Å². The van der Waals surface area contributed by atoms with Gasteiger partial charge in [-0.15, -0.1) is 0 Å². The van der Waals surface area contributed by atoms with Crippen LogP contribution in [0.4, 0.5) is 31.1 Å². The van der Waals surface area contributed by atoms with E-state index in [0.29, 0.717) is 12.5 Å². The molecule has 1 atom stereocenters. The second-order valence-corrected chi connectivity index (χ2v) is 4.66. The molecule has 1 rings (SSSR count). The van der Waals surface area contributed by atoms with E-state index < -0.39 is 35.4 Å². The van der Waals surface area contributed by atoms with Gasteiger partial charge in [-0.3, -0.25) is 0 Å². The third kappa shape index (κ3) is 6.35. The van der Waals surface area contributed by atoms with Gasteiger partial charge in [-0.1, -0.05) is 19.9 Å². The number of allylic oxidation sites excluding steroid dienone is 2. The molecule has 1 saturated carbocycles. The molecule has 0 spiro atoms. The van der Waals surface area contributed by atoms with E-state index in [2.05, 4.69) is 0 Å². The number of rotatable bonds is 1. The Morgan fingerprint density at radius 3 is 1.53 bits per heavy atom. The zero-order chi connectivity index (χ0) is 15.6. The predicted molar refractivity (Wildman–Crippen MR) is 52.7 cm³/mol. The van der Waals surface area contributed by atoms with Crippen molar-refractivity contribution >= 4 is 6.16 Å². The summed E-state index contributed by atoms with van der Waals surface area (Å²) in [6.07, 6.45) is -11.8. The Morgan fingerprint density at radius 1 is 1.11 bits per heavy atom. The fraction of sp³-hybridized carbons (Fsp3) is 0.700. The summed E-state index contributed by atoms with van der Waals surface area (Å²) in [7, 11) is 0. The summed E-state index contributed by atoms with van der Waals surface area (Å²) in [5.41, 5.74) is -2.83. The van der Waals surface area contributed by atoms with E-state index in [4.69, 9.17) is 15.0 Å². The maximum absolute atomic E-state index is 12.1. The molecular formula is C10H12F6O3. The van der Waals surface area contributed by atoms with Crippen molar-refractivity contribution in [1.29, 1.82) is 0 Å². The van der Waals surface area contributed by atoms with Crippen molar-refractivity contribution in [2.75, 3.05) is 0 Å². The number of carbonyl (C=O) groups is 1. The highest BCUT2D eigenvalue weighted by Gasteiger charge is 2.54. The zero-order valence-corrected chi connectivity index (χ0v) is 9.93. The molecule has 0 aromatic carbocycles. The van der Waals surface area contributed by atoms with Gasteiger partial charge in [0.1, 0.15) is 5.57 Å². The molecule has 9 heteroatoms. The van der Waals surface area contributed by atoms with Gasteiger partial charge in [0.25, 0.3) is 0 Å².